The molecule has 0 saturated carbocycles. The van der Waals surface area contributed by atoms with E-state index in [4.69, 9.17) is 14.7 Å². The number of hydrogen-bond acceptors (Lipinski definition) is 7. The first-order valence-electron chi connectivity index (χ1n) is 7.35. The van der Waals surface area contributed by atoms with Gasteiger partial charge in [0.2, 0.25) is 0 Å². The quantitative estimate of drug-likeness (QED) is 0.296. The fraction of sp³-hybridized carbons (Fsp3) is 0.0526. The second-order valence-electron chi connectivity index (χ2n) is 5.03. The second-order valence-corrected chi connectivity index (χ2v) is 5.03. The van der Waals surface area contributed by atoms with Crippen LogP contribution in [-0.2, 0) is 14.3 Å². The van der Waals surface area contributed by atoms with Crippen molar-refractivity contribution >= 4 is 24.0 Å². The first kappa shape index (κ1) is 18.4. The number of ether oxygens (including phenoxy) is 2. The first-order chi connectivity index (χ1) is 12.4. The van der Waals surface area contributed by atoms with E-state index in [1.165, 1.54) is 49.4 Å². The Morgan fingerprint density at radius 1 is 1.12 bits per heavy atom. The molecule has 0 aliphatic carbocycles. The molecule has 0 unspecified atom stereocenters. The number of phenolic OH excluding ortho intramolecular Hbond substituents is 1. The van der Waals surface area contributed by atoms with Crippen LogP contribution in [0.4, 0.5) is 0 Å². The highest BCUT2D eigenvalue weighted by Crippen LogP contribution is 2.20. The van der Waals surface area contributed by atoms with Gasteiger partial charge < -0.3 is 14.6 Å². The summed E-state index contributed by atoms with van der Waals surface area (Å²) in [5.41, 5.74) is -0.189. The smallest absolute Gasteiger partial charge is 0.356 e. The Balaban J connectivity index is 2.22. The van der Waals surface area contributed by atoms with Crippen LogP contribution in [0.1, 0.15) is 22.8 Å². The van der Waals surface area contributed by atoms with Crippen LogP contribution in [0.25, 0.3) is 6.08 Å². The van der Waals surface area contributed by atoms with Crippen LogP contribution in [0, 0.1) is 11.3 Å². The number of benzene rings is 2. The summed E-state index contributed by atoms with van der Waals surface area (Å²) in [6, 6.07) is 13.2. The van der Waals surface area contributed by atoms with Gasteiger partial charge in [0.25, 0.3) is 0 Å². The van der Waals surface area contributed by atoms with E-state index in [9.17, 15) is 19.5 Å². The highest BCUT2D eigenvalue weighted by atomic mass is 16.6. The number of nitriles is 1. The van der Waals surface area contributed by atoms with Gasteiger partial charge in [-0.25, -0.2) is 9.59 Å². The van der Waals surface area contributed by atoms with Crippen molar-refractivity contribution < 1.29 is 29.0 Å². The molecule has 1 N–H and O–H groups in total. The second kappa shape index (κ2) is 8.26. The summed E-state index contributed by atoms with van der Waals surface area (Å²) in [6.07, 6.45) is 1.17. The third-order valence-electron chi connectivity index (χ3n) is 3.07. The SMILES string of the molecule is CC(=O)Oc1ccccc1C(=O)OC(=O)C(C#N)=Cc1cccc(O)c1. The van der Waals surface area contributed by atoms with Crippen molar-refractivity contribution in [1.29, 1.82) is 5.26 Å². The molecule has 26 heavy (non-hydrogen) atoms. The summed E-state index contributed by atoms with van der Waals surface area (Å²) in [5, 5.41) is 18.5. The average Bonchev–Trinajstić information content (AvgIpc) is 2.59. The van der Waals surface area contributed by atoms with Gasteiger partial charge in [0.15, 0.2) is 0 Å². The average molecular weight is 351 g/mol. The third-order valence-corrected chi connectivity index (χ3v) is 3.07. The lowest BCUT2D eigenvalue weighted by Gasteiger charge is -2.07. The topological polar surface area (TPSA) is 114 Å². The largest absolute Gasteiger partial charge is 0.508 e. The normalized spacial score (nSPS) is 10.5. The Morgan fingerprint density at radius 3 is 2.50 bits per heavy atom. The zero-order chi connectivity index (χ0) is 19.1. The van der Waals surface area contributed by atoms with E-state index in [2.05, 4.69) is 0 Å². The predicted molar refractivity (Wildman–Crippen MR) is 89.9 cm³/mol. The molecule has 2 aromatic carbocycles. The molecule has 0 aromatic heterocycles. The van der Waals surface area contributed by atoms with E-state index < -0.39 is 23.5 Å². The number of carbonyl (C=O) groups excluding carboxylic acids is 3. The van der Waals surface area contributed by atoms with Crippen LogP contribution in [0.2, 0.25) is 0 Å². The monoisotopic (exact) mass is 351 g/mol. The van der Waals surface area contributed by atoms with Crippen molar-refractivity contribution in [2.75, 3.05) is 0 Å². The molecule has 130 valence electrons. The number of nitrogens with zero attached hydrogens (tertiary/aromatic N) is 1. The van der Waals surface area contributed by atoms with E-state index in [0.717, 1.165) is 0 Å². The van der Waals surface area contributed by atoms with Crippen molar-refractivity contribution in [2.45, 2.75) is 6.92 Å². The van der Waals surface area contributed by atoms with Crippen LogP contribution in [-0.4, -0.2) is 23.0 Å². The van der Waals surface area contributed by atoms with Gasteiger partial charge in [0.1, 0.15) is 28.7 Å². The van der Waals surface area contributed by atoms with Gasteiger partial charge in [-0.05, 0) is 35.9 Å². The maximum atomic E-state index is 12.2. The maximum absolute atomic E-state index is 12.2. The molecular weight excluding hydrogens is 338 g/mol. The Bertz CT molecular complexity index is 939. The number of aromatic hydroxyl groups is 1. The lowest BCUT2D eigenvalue weighted by Crippen LogP contribution is -2.15. The Hall–Kier alpha value is -3.92. The molecule has 0 radical (unpaired) electrons. The molecule has 0 spiro atoms. The van der Waals surface area contributed by atoms with Crippen LogP contribution in [0.15, 0.2) is 54.1 Å². The molecule has 2 aromatic rings. The van der Waals surface area contributed by atoms with E-state index in [0.29, 0.717) is 5.56 Å². The van der Waals surface area contributed by atoms with Gasteiger partial charge >= 0.3 is 17.9 Å². The maximum Gasteiger partial charge on any atom is 0.356 e. The summed E-state index contributed by atoms with van der Waals surface area (Å²) in [4.78, 5) is 35.3. The lowest BCUT2D eigenvalue weighted by molar-refractivity contribution is -0.133. The van der Waals surface area contributed by atoms with Gasteiger partial charge in [-0.3, -0.25) is 4.79 Å². The minimum absolute atomic E-state index is 0.0456. The molecule has 0 aliphatic rings. The molecule has 0 bridgehead atoms. The molecular formula is C19H13NO6. The number of carbonyl (C=O) groups is 3. The standard InChI is InChI=1S/C19H13NO6/c1-12(21)25-17-8-3-2-7-16(17)19(24)26-18(23)14(11-20)9-13-5-4-6-15(22)10-13/h2-10,22H,1H3. The Kier molecular flexibility index (Phi) is 5.85. The first-order valence-corrected chi connectivity index (χ1v) is 7.35. The van der Waals surface area contributed by atoms with E-state index in [1.807, 2.05) is 0 Å². The number of hydrogen-bond donors (Lipinski definition) is 1. The van der Waals surface area contributed by atoms with Crippen LogP contribution < -0.4 is 4.74 Å². The minimum Gasteiger partial charge on any atom is -0.508 e. The molecule has 7 heteroatoms. The number of esters is 3. The molecule has 0 heterocycles. The number of rotatable bonds is 4. The third kappa shape index (κ3) is 4.79. The van der Waals surface area contributed by atoms with Gasteiger partial charge in [0, 0.05) is 6.92 Å². The van der Waals surface area contributed by atoms with Crippen LogP contribution in [0.3, 0.4) is 0 Å². The van der Waals surface area contributed by atoms with E-state index in [1.54, 1.807) is 18.2 Å². The summed E-state index contributed by atoms with van der Waals surface area (Å²) >= 11 is 0. The summed E-state index contributed by atoms with van der Waals surface area (Å²) in [6.45, 7) is 1.17. The zero-order valence-corrected chi connectivity index (χ0v) is 13.6. The molecule has 0 saturated heterocycles. The van der Waals surface area contributed by atoms with Crippen molar-refractivity contribution in [3.63, 3.8) is 0 Å². The number of phenols is 1. The summed E-state index contributed by atoms with van der Waals surface area (Å²) in [5.74, 6) is -2.98. The number of para-hydroxylation sites is 1. The van der Waals surface area contributed by atoms with Crippen molar-refractivity contribution in [1.82, 2.24) is 0 Å². The van der Waals surface area contributed by atoms with Crippen molar-refractivity contribution in [3.8, 4) is 17.6 Å². The van der Waals surface area contributed by atoms with Crippen LogP contribution >= 0.6 is 0 Å². The van der Waals surface area contributed by atoms with Gasteiger partial charge in [-0.2, -0.15) is 5.26 Å². The van der Waals surface area contributed by atoms with Crippen LogP contribution in [0.5, 0.6) is 11.5 Å². The predicted octanol–water partition coefficient (Wildman–Crippen LogP) is 2.61. The van der Waals surface area contributed by atoms with E-state index >= 15 is 0 Å². The fourth-order valence-electron chi connectivity index (χ4n) is 1.99. The molecule has 0 fully saturated rings. The lowest BCUT2D eigenvalue weighted by atomic mass is 10.1. The Morgan fingerprint density at radius 2 is 1.85 bits per heavy atom. The zero-order valence-electron chi connectivity index (χ0n) is 13.6. The molecule has 0 atom stereocenters. The fourth-order valence-corrected chi connectivity index (χ4v) is 1.99. The highest BCUT2D eigenvalue weighted by Gasteiger charge is 2.21. The van der Waals surface area contributed by atoms with Gasteiger partial charge in [-0.1, -0.05) is 24.3 Å². The van der Waals surface area contributed by atoms with Gasteiger partial charge in [-0.15, -0.1) is 0 Å². The molecule has 0 amide bonds. The molecule has 2 rings (SSSR count). The van der Waals surface area contributed by atoms with E-state index in [-0.39, 0.29) is 17.1 Å². The van der Waals surface area contributed by atoms with Crippen molar-refractivity contribution in [2.24, 2.45) is 0 Å². The Labute approximate surface area is 148 Å². The summed E-state index contributed by atoms with van der Waals surface area (Å²) < 4.78 is 9.58. The van der Waals surface area contributed by atoms with Crippen molar-refractivity contribution in [3.05, 3.63) is 65.2 Å². The molecule has 0 aliphatic heterocycles. The summed E-state index contributed by atoms with van der Waals surface area (Å²) in [7, 11) is 0. The highest BCUT2D eigenvalue weighted by molar-refractivity contribution is 6.07. The van der Waals surface area contributed by atoms with Gasteiger partial charge in [0.05, 0.1) is 0 Å². The molecule has 7 nitrogen and oxygen atoms in total. The minimum atomic E-state index is -1.17.